The van der Waals surface area contributed by atoms with Gasteiger partial charge in [0.25, 0.3) is 5.56 Å². The van der Waals surface area contributed by atoms with E-state index in [4.69, 9.17) is 21.3 Å². The van der Waals surface area contributed by atoms with Gasteiger partial charge in [0, 0.05) is 10.9 Å². The van der Waals surface area contributed by atoms with Crippen LogP contribution in [0.3, 0.4) is 0 Å². The number of fused-ring (bicyclic) bond motifs is 5. The first-order valence-electron chi connectivity index (χ1n) is 9.15. The highest BCUT2D eigenvalue weighted by atomic mass is 35.5. The van der Waals surface area contributed by atoms with Gasteiger partial charge in [-0.15, -0.1) is 0 Å². The molecule has 4 heterocycles. The molecule has 2 aliphatic rings. The second kappa shape index (κ2) is 5.90. The molecule has 1 N–H and O–H groups in total. The monoisotopic (exact) mass is 396 g/mol. The largest absolute Gasteiger partial charge is 0.460 e. The van der Waals surface area contributed by atoms with Crippen LogP contribution in [-0.2, 0) is 28.3 Å². The Morgan fingerprint density at radius 3 is 2.86 bits per heavy atom. The molecule has 3 aromatic rings. The summed E-state index contributed by atoms with van der Waals surface area (Å²) in [5, 5.41) is 12.5. The fourth-order valence-electron chi connectivity index (χ4n) is 4.18. The number of aromatic nitrogens is 2. The number of pyridine rings is 2. The predicted molar refractivity (Wildman–Crippen MR) is 104 cm³/mol. The molecule has 0 spiro atoms. The van der Waals surface area contributed by atoms with Gasteiger partial charge < -0.3 is 14.4 Å². The Morgan fingerprint density at radius 1 is 1.29 bits per heavy atom. The molecule has 5 rings (SSSR count). The van der Waals surface area contributed by atoms with Crippen LogP contribution in [0.5, 0.6) is 0 Å². The van der Waals surface area contributed by atoms with Crippen LogP contribution in [0.25, 0.3) is 22.3 Å². The van der Waals surface area contributed by atoms with Gasteiger partial charge in [-0.25, -0.2) is 4.98 Å². The molecule has 2 aromatic heterocycles. The lowest BCUT2D eigenvalue weighted by Gasteiger charge is -2.26. The number of halogens is 1. The van der Waals surface area contributed by atoms with E-state index in [1.165, 1.54) is 0 Å². The SMILES string of the molecule is CCC1(O)CC(=O)OCc2c1cc1n(c2=O)Cc2c-1nc1ccccc1c2Cl. The van der Waals surface area contributed by atoms with E-state index in [1.807, 2.05) is 24.3 Å². The lowest BCUT2D eigenvalue weighted by Crippen LogP contribution is -2.32. The second-order valence-electron chi connectivity index (χ2n) is 7.31. The molecule has 142 valence electrons. The number of hydrogen-bond acceptors (Lipinski definition) is 5. The van der Waals surface area contributed by atoms with E-state index in [9.17, 15) is 14.7 Å². The molecule has 0 saturated carbocycles. The third-order valence-corrected chi connectivity index (χ3v) is 6.21. The van der Waals surface area contributed by atoms with Crippen LogP contribution in [0.1, 0.15) is 36.5 Å². The molecule has 28 heavy (non-hydrogen) atoms. The number of hydrogen-bond donors (Lipinski definition) is 1. The van der Waals surface area contributed by atoms with E-state index in [0.717, 1.165) is 16.5 Å². The van der Waals surface area contributed by atoms with Crippen molar-refractivity contribution in [2.45, 2.75) is 38.5 Å². The second-order valence-corrected chi connectivity index (χ2v) is 7.68. The van der Waals surface area contributed by atoms with Crippen molar-refractivity contribution in [2.24, 2.45) is 0 Å². The number of nitrogens with zero attached hydrogens (tertiary/aromatic N) is 2. The number of aliphatic hydroxyl groups is 1. The number of cyclic esters (lactones) is 1. The van der Waals surface area contributed by atoms with E-state index >= 15 is 0 Å². The average Bonchev–Trinajstić information content (AvgIpc) is 3.00. The Hall–Kier alpha value is -2.70. The van der Waals surface area contributed by atoms with Crippen LogP contribution < -0.4 is 5.56 Å². The molecule has 0 saturated heterocycles. The molecular weight excluding hydrogens is 380 g/mol. The summed E-state index contributed by atoms with van der Waals surface area (Å²) in [7, 11) is 0. The fraction of sp³-hybridized carbons (Fsp3) is 0.286. The minimum Gasteiger partial charge on any atom is -0.460 e. The Bertz CT molecular complexity index is 1230. The number of benzene rings is 1. The number of ether oxygens (including phenoxy) is 1. The number of carbonyl (C=O) groups is 1. The molecule has 1 unspecified atom stereocenters. The van der Waals surface area contributed by atoms with Crippen LogP contribution in [0.4, 0.5) is 0 Å². The maximum absolute atomic E-state index is 13.2. The van der Waals surface area contributed by atoms with Crippen LogP contribution in [0, 0.1) is 0 Å². The van der Waals surface area contributed by atoms with Crippen LogP contribution in [0.15, 0.2) is 35.1 Å². The third kappa shape index (κ3) is 2.28. The average molecular weight is 397 g/mol. The van der Waals surface area contributed by atoms with Gasteiger partial charge >= 0.3 is 5.97 Å². The van der Waals surface area contributed by atoms with Crippen LogP contribution in [0.2, 0.25) is 5.02 Å². The maximum atomic E-state index is 13.2. The van der Waals surface area contributed by atoms with E-state index in [-0.39, 0.29) is 25.0 Å². The molecule has 1 atom stereocenters. The molecule has 0 radical (unpaired) electrons. The molecule has 0 amide bonds. The van der Waals surface area contributed by atoms with E-state index in [2.05, 4.69) is 0 Å². The number of para-hydroxylation sites is 1. The van der Waals surface area contributed by atoms with Gasteiger partial charge in [0.15, 0.2) is 0 Å². The first-order chi connectivity index (χ1) is 13.4. The van der Waals surface area contributed by atoms with E-state index < -0.39 is 11.6 Å². The van der Waals surface area contributed by atoms with Crippen molar-refractivity contribution in [3.63, 3.8) is 0 Å². The molecule has 7 heteroatoms. The maximum Gasteiger partial charge on any atom is 0.309 e. The molecular formula is C21H17ClN2O4. The Morgan fingerprint density at radius 2 is 2.07 bits per heavy atom. The Labute approximate surface area is 165 Å². The predicted octanol–water partition coefficient (Wildman–Crippen LogP) is 3.12. The van der Waals surface area contributed by atoms with Crippen molar-refractivity contribution in [2.75, 3.05) is 0 Å². The van der Waals surface area contributed by atoms with Gasteiger partial charge in [-0.2, -0.15) is 0 Å². The first-order valence-corrected chi connectivity index (χ1v) is 9.53. The Kier molecular flexibility index (Phi) is 3.66. The number of esters is 1. The molecule has 0 fully saturated rings. The quantitative estimate of drug-likeness (QED) is 0.500. The van der Waals surface area contributed by atoms with Crippen molar-refractivity contribution in [3.05, 3.63) is 62.4 Å². The van der Waals surface area contributed by atoms with Gasteiger partial charge in [-0.05, 0) is 24.1 Å². The summed E-state index contributed by atoms with van der Waals surface area (Å²) in [6, 6.07) is 9.33. The normalized spacial score (nSPS) is 20.3. The minimum absolute atomic E-state index is 0.144. The molecule has 0 aliphatic carbocycles. The summed E-state index contributed by atoms with van der Waals surface area (Å²) in [5.41, 5.74) is 1.80. The zero-order valence-corrected chi connectivity index (χ0v) is 15.9. The smallest absolute Gasteiger partial charge is 0.309 e. The standard InChI is InChI=1S/C21H17ClN2O4/c1-2-21(27)8-17(25)28-10-13-14(21)7-16-19-12(9-24(16)20(13)26)18(22)11-5-3-4-6-15(11)23-19/h3-7,27H,2,8-10H2,1H3. The zero-order chi connectivity index (χ0) is 19.6. The molecule has 6 nitrogen and oxygen atoms in total. The molecule has 0 bridgehead atoms. The summed E-state index contributed by atoms with van der Waals surface area (Å²) < 4.78 is 6.77. The molecule has 2 aliphatic heterocycles. The summed E-state index contributed by atoms with van der Waals surface area (Å²) in [6.45, 7) is 1.94. The summed E-state index contributed by atoms with van der Waals surface area (Å²) in [5.74, 6) is -0.516. The summed E-state index contributed by atoms with van der Waals surface area (Å²) >= 11 is 6.64. The lowest BCUT2D eigenvalue weighted by molar-refractivity contribution is -0.149. The lowest BCUT2D eigenvalue weighted by atomic mass is 9.85. The highest BCUT2D eigenvalue weighted by Gasteiger charge is 2.39. The number of rotatable bonds is 1. The zero-order valence-electron chi connectivity index (χ0n) is 15.2. The first kappa shape index (κ1) is 17.4. The topological polar surface area (TPSA) is 81.4 Å². The van der Waals surface area contributed by atoms with Crippen molar-refractivity contribution < 1.29 is 14.6 Å². The van der Waals surface area contributed by atoms with Gasteiger partial charge in [0.1, 0.15) is 12.2 Å². The van der Waals surface area contributed by atoms with E-state index in [0.29, 0.717) is 34.1 Å². The minimum atomic E-state index is -1.44. The number of carbonyl (C=O) groups excluding carboxylic acids is 1. The van der Waals surface area contributed by atoms with E-state index in [1.54, 1.807) is 17.6 Å². The highest BCUT2D eigenvalue weighted by molar-refractivity contribution is 6.36. The van der Waals surface area contributed by atoms with Gasteiger partial charge in [-0.1, -0.05) is 36.7 Å². The Balaban J connectivity index is 1.82. The van der Waals surface area contributed by atoms with Crippen molar-refractivity contribution in [1.82, 2.24) is 9.55 Å². The van der Waals surface area contributed by atoms with Crippen molar-refractivity contribution in [1.29, 1.82) is 0 Å². The van der Waals surface area contributed by atoms with Crippen LogP contribution in [-0.4, -0.2) is 20.6 Å². The van der Waals surface area contributed by atoms with Crippen molar-refractivity contribution in [3.8, 4) is 11.4 Å². The van der Waals surface area contributed by atoms with Gasteiger partial charge in [0.05, 0.1) is 40.5 Å². The van der Waals surface area contributed by atoms with Gasteiger partial charge in [0.2, 0.25) is 0 Å². The van der Waals surface area contributed by atoms with Crippen LogP contribution >= 0.6 is 11.6 Å². The van der Waals surface area contributed by atoms with Crippen molar-refractivity contribution >= 4 is 28.5 Å². The summed E-state index contributed by atoms with van der Waals surface area (Å²) in [6.07, 6.45) is 0.106. The summed E-state index contributed by atoms with van der Waals surface area (Å²) in [4.78, 5) is 29.9. The van der Waals surface area contributed by atoms with Gasteiger partial charge in [-0.3, -0.25) is 9.59 Å². The highest BCUT2D eigenvalue weighted by Crippen LogP contribution is 2.41. The third-order valence-electron chi connectivity index (χ3n) is 5.78. The fourth-order valence-corrected chi connectivity index (χ4v) is 4.48. The molecule has 1 aromatic carbocycles.